The molecule has 0 aliphatic heterocycles. The van der Waals surface area contributed by atoms with Crippen LogP contribution in [-0.2, 0) is 0 Å². The Kier molecular flexibility index (Phi) is 3.27. The molecule has 4 heteroatoms. The molecule has 0 aliphatic carbocycles. The zero-order valence-electron chi connectivity index (χ0n) is 8.42. The van der Waals surface area contributed by atoms with Crippen molar-refractivity contribution < 1.29 is 0 Å². The number of nitrogens with zero attached hydrogens (tertiary/aromatic N) is 1. The number of anilines is 1. The molecule has 0 amide bonds. The highest BCUT2D eigenvalue weighted by atomic mass is 32.1. The van der Waals surface area contributed by atoms with Gasteiger partial charge in [0.15, 0.2) is 5.13 Å². The van der Waals surface area contributed by atoms with Crippen molar-refractivity contribution in [1.29, 1.82) is 0 Å². The van der Waals surface area contributed by atoms with Crippen LogP contribution in [0.1, 0.15) is 26.0 Å². The minimum absolute atomic E-state index is 0.0979. The molecule has 0 atom stereocenters. The van der Waals surface area contributed by atoms with E-state index in [0.717, 1.165) is 23.8 Å². The van der Waals surface area contributed by atoms with E-state index in [4.69, 9.17) is 5.73 Å². The van der Waals surface area contributed by atoms with E-state index in [2.05, 4.69) is 10.3 Å². The zero-order chi connectivity index (χ0) is 9.90. The van der Waals surface area contributed by atoms with Gasteiger partial charge in [-0.15, -0.1) is 11.3 Å². The summed E-state index contributed by atoms with van der Waals surface area (Å²) in [5.74, 6) is 0. The van der Waals surface area contributed by atoms with E-state index in [0.29, 0.717) is 0 Å². The summed E-state index contributed by atoms with van der Waals surface area (Å²) in [6, 6.07) is 0. The van der Waals surface area contributed by atoms with Crippen LogP contribution in [0, 0.1) is 6.92 Å². The molecular formula is C9H17N3S. The zero-order valence-corrected chi connectivity index (χ0v) is 9.24. The van der Waals surface area contributed by atoms with Gasteiger partial charge in [-0.1, -0.05) is 0 Å². The van der Waals surface area contributed by atoms with Gasteiger partial charge in [-0.25, -0.2) is 4.98 Å². The lowest BCUT2D eigenvalue weighted by Crippen LogP contribution is -2.34. The fourth-order valence-corrected chi connectivity index (χ4v) is 1.64. The predicted octanol–water partition coefficient (Wildman–Crippen LogP) is 1.99. The first kappa shape index (κ1) is 10.5. The molecule has 74 valence electrons. The maximum Gasteiger partial charge on any atom is 0.182 e. The van der Waals surface area contributed by atoms with Gasteiger partial charge in [0, 0.05) is 17.5 Å². The highest BCUT2D eigenvalue weighted by molar-refractivity contribution is 7.13. The molecule has 0 saturated carbocycles. The third-order valence-corrected chi connectivity index (χ3v) is 2.58. The van der Waals surface area contributed by atoms with Crippen molar-refractivity contribution >= 4 is 16.5 Å². The Morgan fingerprint density at radius 3 is 2.77 bits per heavy atom. The summed E-state index contributed by atoms with van der Waals surface area (Å²) in [6.07, 6.45) is 0.950. The average Bonchev–Trinajstić information content (AvgIpc) is 2.33. The van der Waals surface area contributed by atoms with Crippen molar-refractivity contribution in [3.05, 3.63) is 11.1 Å². The highest BCUT2D eigenvalue weighted by Crippen LogP contribution is 2.14. The van der Waals surface area contributed by atoms with E-state index < -0.39 is 0 Å². The minimum atomic E-state index is -0.0979. The summed E-state index contributed by atoms with van der Waals surface area (Å²) < 4.78 is 0. The summed E-state index contributed by atoms with van der Waals surface area (Å²) in [5, 5.41) is 6.27. The maximum absolute atomic E-state index is 5.85. The molecule has 1 rings (SSSR count). The normalized spacial score (nSPS) is 11.7. The number of hydrogen-bond acceptors (Lipinski definition) is 4. The van der Waals surface area contributed by atoms with Crippen LogP contribution in [0.3, 0.4) is 0 Å². The van der Waals surface area contributed by atoms with Crippen LogP contribution in [0.4, 0.5) is 5.13 Å². The van der Waals surface area contributed by atoms with Gasteiger partial charge < -0.3 is 11.1 Å². The van der Waals surface area contributed by atoms with Crippen LogP contribution in [0.2, 0.25) is 0 Å². The first-order valence-corrected chi connectivity index (χ1v) is 5.30. The quantitative estimate of drug-likeness (QED) is 0.779. The molecule has 1 heterocycles. The van der Waals surface area contributed by atoms with Gasteiger partial charge in [-0.05, 0) is 27.2 Å². The van der Waals surface area contributed by atoms with E-state index in [9.17, 15) is 0 Å². The largest absolute Gasteiger partial charge is 0.361 e. The molecule has 1 aromatic rings. The van der Waals surface area contributed by atoms with Crippen LogP contribution in [0.25, 0.3) is 0 Å². The van der Waals surface area contributed by atoms with Crippen LogP contribution in [0.5, 0.6) is 0 Å². The van der Waals surface area contributed by atoms with Crippen molar-refractivity contribution in [2.75, 3.05) is 11.9 Å². The van der Waals surface area contributed by atoms with Crippen molar-refractivity contribution in [2.24, 2.45) is 5.73 Å². The van der Waals surface area contributed by atoms with Gasteiger partial charge in [0.2, 0.25) is 0 Å². The topological polar surface area (TPSA) is 50.9 Å². The molecule has 0 aliphatic rings. The SMILES string of the molecule is Cc1csc(NCCC(C)(C)N)n1. The van der Waals surface area contributed by atoms with Crippen LogP contribution in [-0.4, -0.2) is 17.1 Å². The summed E-state index contributed by atoms with van der Waals surface area (Å²) >= 11 is 1.64. The second kappa shape index (κ2) is 4.07. The molecule has 0 radical (unpaired) electrons. The van der Waals surface area contributed by atoms with Gasteiger partial charge in [0.1, 0.15) is 0 Å². The second-order valence-electron chi connectivity index (χ2n) is 3.96. The third-order valence-electron chi connectivity index (χ3n) is 1.66. The molecule has 1 aromatic heterocycles. The molecule has 13 heavy (non-hydrogen) atoms. The maximum atomic E-state index is 5.85. The van der Waals surface area contributed by atoms with E-state index in [1.165, 1.54) is 0 Å². The number of hydrogen-bond donors (Lipinski definition) is 2. The summed E-state index contributed by atoms with van der Waals surface area (Å²) in [6.45, 7) is 6.94. The monoisotopic (exact) mass is 199 g/mol. The Morgan fingerprint density at radius 2 is 2.31 bits per heavy atom. The van der Waals surface area contributed by atoms with E-state index in [-0.39, 0.29) is 5.54 Å². The third kappa shape index (κ3) is 4.24. The summed E-state index contributed by atoms with van der Waals surface area (Å²) in [7, 11) is 0. The van der Waals surface area contributed by atoms with Crippen LogP contribution >= 0.6 is 11.3 Å². The standard InChI is InChI=1S/C9H17N3S/c1-7-6-13-8(12-7)11-5-4-9(2,3)10/h6H,4-5,10H2,1-3H3,(H,11,12). The fraction of sp³-hybridized carbons (Fsp3) is 0.667. The Hall–Kier alpha value is -0.610. The van der Waals surface area contributed by atoms with Crippen LogP contribution < -0.4 is 11.1 Å². The van der Waals surface area contributed by atoms with E-state index in [1.54, 1.807) is 11.3 Å². The minimum Gasteiger partial charge on any atom is -0.361 e. The molecule has 0 fully saturated rings. The van der Waals surface area contributed by atoms with E-state index in [1.807, 2.05) is 26.2 Å². The molecule has 3 nitrogen and oxygen atoms in total. The van der Waals surface area contributed by atoms with Gasteiger partial charge in [0.25, 0.3) is 0 Å². The number of thiazole rings is 1. The van der Waals surface area contributed by atoms with Crippen molar-refractivity contribution in [3.8, 4) is 0 Å². The Bertz CT molecular complexity index is 262. The Labute approximate surface area is 83.4 Å². The molecule has 0 aromatic carbocycles. The van der Waals surface area contributed by atoms with Crippen molar-refractivity contribution in [1.82, 2.24) is 4.98 Å². The van der Waals surface area contributed by atoms with Crippen molar-refractivity contribution in [2.45, 2.75) is 32.7 Å². The van der Waals surface area contributed by atoms with Gasteiger partial charge >= 0.3 is 0 Å². The summed E-state index contributed by atoms with van der Waals surface area (Å²) in [5.41, 5.74) is 6.82. The number of aryl methyl sites for hydroxylation is 1. The highest BCUT2D eigenvalue weighted by Gasteiger charge is 2.09. The number of nitrogens with two attached hydrogens (primary N) is 1. The van der Waals surface area contributed by atoms with Gasteiger partial charge in [0.05, 0.1) is 5.69 Å². The molecule has 3 N–H and O–H groups in total. The smallest absolute Gasteiger partial charge is 0.182 e. The van der Waals surface area contributed by atoms with Gasteiger partial charge in [-0.3, -0.25) is 0 Å². The lowest BCUT2D eigenvalue weighted by Gasteiger charge is -2.17. The lowest BCUT2D eigenvalue weighted by atomic mass is 10.0. The average molecular weight is 199 g/mol. The first-order valence-electron chi connectivity index (χ1n) is 4.42. The van der Waals surface area contributed by atoms with Gasteiger partial charge in [-0.2, -0.15) is 0 Å². The Morgan fingerprint density at radius 1 is 1.62 bits per heavy atom. The predicted molar refractivity (Wildman–Crippen MR) is 58.2 cm³/mol. The number of rotatable bonds is 4. The Balaban J connectivity index is 2.28. The first-order chi connectivity index (χ1) is 5.97. The summed E-state index contributed by atoms with van der Waals surface area (Å²) in [4.78, 5) is 4.30. The number of nitrogens with one attached hydrogen (secondary N) is 1. The molecule has 0 bridgehead atoms. The molecule has 0 unspecified atom stereocenters. The molecule has 0 spiro atoms. The van der Waals surface area contributed by atoms with Crippen molar-refractivity contribution in [3.63, 3.8) is 0 Å². The molecular weight excluding hydrogens is 182 g/mol. The van der Waals surface area contributed by atoms with E-state index >= 15 is 0 Å². The fourth-order valence-electron chi connectivity index (χ4n) is 0.927. The lowest BCUT2D eigenvalue weighted by molar-refractivity contribution is 0.491. The number of aromatic nitrogens is 1. The van der Waals surface area contributed by atoms with Crippen LogP contribution in [0.15, 0.2) is 5.38 Å². The second-order valence-corrected chi connectivity index (χ2v) is 4.82. The molecule has 0 saturated heterocycles.